The van der Waals surface area contributed by atoms with Gasteiger partial charge in [0.15, 0.2) is 5.69 Å². The minimum Gasteiger partial charge on any atom is -0.461 e. The molecule has 1 aromatic heterocycles. The molecular weight excluding hydrogens is 302 g/mol. The van der Waals surface area contributed by atoms with E-state index in [-0.39, 0.29) is 11.1 Å². The van der Waals surface area contributed by atoms with Crippen LogP contribution in [0.1, 0.15) is 35.3 Å². The van der Waals surface area contributed by atoms with E-state index in [0.29, 0.717) is 12.0 Å². The summed E-state index contributed by atoms with van der Waals surface area (Å²) in [7, 11) is 0. The van der Waals surface area contributed by atoms with Gasteiger partial charge in [0, 0.05) is 0 Å². The van der Waals surface area contributed by atoms with Crippen molar-refractivity contribution in [3.05, 3.63) is 41.7 Å². The molecule has 116 valence electrons. The number of aromatic nitrogens is 3. The Morgan fingerprint density at radius 3 is 2.77 bits per heavy atom. The van der Waals surface area contributed by atoms with Gasteiger partial charge in [0.25, 0.3) is 0 Å². The van der Waals surface area contributed by atoms with Gasteiger partial charge in [0.1, 0.15) is 0 Å². The summed E-state index contributed by atoms with van der Waals surface area (Å²) in [5, 5.41) is 8.41. The van der Waals surface area contributed by atoms with Crippen LogP contribution in [-0.2, 0) is 4.74 Å². The minimum atomic E-state index is -0.461. The second-order valence-corrected chi connectivity index (χ2v) is 6.26. The highest BCUT2D eigenvalue weighted by atomic mass is 32.2. The second-order valence-electron chi connectivity index (χ2n) is 4.81. The molecule has 2 N–H and O–H groups in total. The predicted molar refractivity (Wildman–Crippen MR) is 83.4 cm³/mol. The fourth-order valence-electron chi connectivity index (χ4n) is 2.12. The fraction of sp³-hybridized carbons (Fsp3) is 0.357. The maximum absolute atomic E-state index is 11.6. The minimum absolute atomic E-state index is 0.206. The van der Waals surface area contributed by atoms with E-state index in [1.807, 2.05) is 36.0 Å². The van der Waals surface area contributed by atoms with Gasteiger partial charge < -0.3 is 4.74 Å². The van der Waals surface area contributed by atoms with Gasteiger partial charge in [-0.25, -0.2) is 20.3 Å². The highest BCUT2D eigenvalue weighted by Crippen LogP contribution is 2.32. The Kier molecular flexibility index (Phi) is 4.41. The number of benzene rings is 1. The van der Waals surface area contributed by atoms with E-state index in [9.17, 15) is 4.79 Å². The summed E-state index contributed by atoms with van der Waals surface area (Å²) in [5.74, 6) is -0.461. The number of hydrazine groups is 1. The Morgan fingerprint density at radius 1 is 1.36 bits per heavy atom. The molecule has 3 rings (SSSR count). The van der Waals surface area contributed by atoms with Crippen LogP contribution in [0.5, 0.6) is 0 Å². The van der Waals surface area contributed by atoms with Crippen LogP contribution in [0.4, 0.5) is 0 Å². The van der Waals surface area contributed by atoms with Gasteiger partial charge in [-0.15, -0.1) is 16.9 Å². The first-order valence-corrected chi connectivity index (χ1v) is 7.98. The van der Waals surface area contributed by atoms with Gasteiger partial charge in [-0.1, -0.05) is 17.3 Å². The number of carbonyl (C=O) groups excluding carboxylic acids is 1. The maximum Gasteiger partial charge on any atom is 0.360 e. The molecule has 0 bridgehead atoms. The molecule has 0 saturated carbocycles. The first-order chi connectivity index (χ1) is 10.7. The van der Waals surface area contributed by atoms with E-state index in [1.165, 1.54) is 5.56 Å². The number of esters is 1. The van der Waals surface area contributed by atoms with Crippen LogP contribution >= 0.6 is 11.8 Å². The van der Waals surface area contributed by atoms with Gasteiger partial charge in [-0.2, -0.15) is 0 Å². The lowest BCUT2D eigenvalue weighted by atomic mass is 10.2. The smallest absolute Gasteiger partial charge is 0.360 e. The van der Waals surface area contributed by atoms with Crippen LogP contribution in [0.25, 0.3) is 5.69 Å². The molecule has 2 unspecified atom stereocenters. The van der Waals surface area contributed by atoms with Gasteiger partial charge >= 0.3 is 5.97 Å². The van der Waals surface area contributed by atoms with E-state index < -0.39 is 5.97 Å². The molecule has 22 heavy (non-hydrogen) atoms. The molecule has 7 nitrogen and oxygen atoms in total. The molecule has 1 aliphatic heterocycles. The van der Waals surface area contributed by atoms with E-state index in [4.69, 9.17) is 4.74 Å². The number of carbonyl (C=O) groups is 1. The summed E-state index contributed by atoms with van der Waals surface area (Å²) >= 11 is 1.82. The lowest BCUT2D eigenvalue weighted by Crippen LogP contribution is -2.28. The van der Waals surface area contributed by atoms with Gasteiger partial charge in [-0.3, -0.25) is 0 Å². The number of thioether (sulfide) groups is 1. The molecule has 1 saturated heterocycles. The first-order valence-electron chi connectivity index (χ1n) is 7.03. The van der Waals surface area contributed by atoms with Gasteiger partial charge in [0.05, 0.1) is 29.2 Å². The topological polar surface area (TPSA) is 81.1 Å². The maximum atomic E-state index is 11.6. The van der Waals surface area contributed by atoms with Crippen molar-refractivity contribution in [2.75, 3.05) is 6.61 Å². The van der Waals surface area contributed by atoms with Gasteiger partial charge in [-0.05, 0) is 31.5 Å². The summed E-state index contributed by atoms with van der Waals surface area (Å²) in [6.07, 6.45) is 1.57. The summed E-state index contributed by atoms with van der Waals surface area (Å²) < 4.78 is 6.46. The van der Waals surface area contributed by atoms with Gasteiger partial charge in [0.2, 0.25) is 0 Å². The first kappa shape index (κ1) is 15.0. The molecule has 0 aliphatic carbocycles. The van der Waals surface area contributed by atoms with E-state index in [1.54, 1.807) is 17.8 Å². The summed E-state index contributed by atoms with van der Waals surface area (Å²) in [6.45, 7) is 4.18. The quantitative estimate of drug-likeness (QED) is 0.829. The predicted octanol–water partition coefficient (Wildman–Crippen LogP) is 1.63. The number of nitrogens with zero attached hydrogens (tertiary/aromatic N) is 3. The molecule has 0 radical (unpaired) electrons. The van der Waals surface area contributed by atoms with Crippen molar-refractivity contribution in [2.24, 2.45) is 0 Å². The third-order valence-corrected chi connectivity index (χ3v) is 4.38. The fourth-order valence-corrected chi connectivity index (χ4v) is 3.11. The normalized spacial score (nSPS) is 21.0. The number of hydrogen-bond donors (Lipinski definition) is 2. The summed E-state index contributed by atoms with van der Waals surface area (Å²) in [4.78, 5) is 11.6. The van der Waals surface area contributed by atoms with Crippen molar-refractivity contribution >= 4 is 17.7 Å². The lowest BCUT2D eigenvalue weighted by Gasteiger charge is -2.09. The van der Waals surface area contributed by atoms with Crippen LogP contribution in [0.3, 0.4) is 0 Å². The molecule has 0 spiro atoms. The Hall–Kier alpha value is -1.90. The average molecular weight is 319 g/mol. The second kappa shape index (κ2) is 6.47. The Bertz CT molecular complexity index is 658. The van der Waals surface area contributed by atoms with Crippen molar-refractivity contribution in [1.82, 2.24) is 25.8 Å². The van der Waals surface area contributed by atoms with E-state index in [2.05, 4.69) is 28.1 Å². The van der Waals surface area contributed by atoms with Crippen molar-refractivity contribution in [1.29, 1.82) is 0 Å². The zero-order chi connectivity index (χ0) is 15.5. The van der Waals surface area contributed by atoms with Crippen LogP contribution in [-0.4, -0.2) is 32.9 Å². The third kappa shape index (κ3) is 3.13. The Labute approximate surface area is 132 Å². The van der Waals surface area contributed by atoms with Crippen LogP contribution in [0.2, 0.25) is 0 Å². The Balaban J connectivity index is 1.74. The molecule has 2 atom stereocenters. The third-order valence-electron chi connectivity index (χ3n) is 3.20. The van der Waals surface area contributed by atoms with E-state index >= 15 is 0 Å². The molecule has 1 aliphatic rings. The highest BCUT2D eigenvalue weighted by molar-refractivity contribution is 8.00. The largest absolute Gasteiger partial charge is 0.461 e. The zero-order valence-electron chi connectivity index (χ0n) is 12.3. The Morgan fingerprint density at radius 2 is 2.14 bits per heavy atom. The van der Waals surface area contributed by atoms with E-state index in [0.717, 1.165) is 5.69 Å². The summed E-state index contributed by atoms with van der Waals surface area (Å²) in [6, 6.07) is 7.96. The summed E-state index contributed by atoms with van der Waals surface area (Å²) in [5.41, 5.74) is 8.63. The zero-order valence-corrected chi connectivity index (χ0v) is 13.1. The molecule has 2 heterocycles. The molecule has 2 aromatic rings. The van der Waals surface area contributed by atoms with Crippen molar-refractivity contribution in [3.63, 3.8) is 0 Å². The average Bonchev–Trinajstić information content (AvgIpc) is 3.17. The number of hydrogen-bond acceptors (Lipinski definition) is 7. The standard InChI is InChI=1S/C14H17N5O2S/c1-3-21-14(20)12-8-19(18-16-12)11-6-4-10(5-7-11)13-17-15-9(2)22-13/h4-9,13,15,17H,3H2,1-2H3. The molecule has 8 heteroatoms. The van der Waals surface area contributed by atoms with Crippen LogP contribution < -0.4 is 10.9 Å². The lowest BCUT2D eigenvalue weighted by molar-refractivity contribution is 0.0519. The van der Waals surface area contributed by atoms with Crippen LogP contribution in [0, 0.1) is 0 Å². The number of rotatable bonds is 4. The molecule has 1 aromatic carbocycles. The molecular formula is C14H17N5O2S. The highest BCUT2D eigenvalue weighted by Gasteiger charge is 2.22. The molecule has 1 fully saturated rings. The number of ether oxygens (including phenoxy) is 1. The monoisotopic (exact) mass is 319 g/mol. The SMILES string of the molecule is CCOC(=O)c1cn(-c2ccc(C3NNC(C)S3)cc2)nn1. The van der Waals surface area contributed by atoms with Crippen LogP contribution in [0.15, 0.2) is 30.5 Å². The molecule has 0 amide bonds. The van der Waals surface area contributed by atoms with Crippen molar-refractivity contribution < 1.29 is 9.53 Å². The number of nitrogens with one attached hydrogen (secondary N) is 2. The van der Waals surface area contributed by atoms with Crippen molar-refractivity contribution in [2.45, 2.75) is 24.6 Å². The van der Waals surface area contributed by atoms with Crippen molar-refractivity contribution in [3.8, 4) is 5.69 Å².